The van der Waals surface area contributed by atoms with Gasteiger partial charge in [-0.3, -0.25) is 0 Å². The first-order valence-corrected chi connectivity index (χ1v) is 5.96. The number of esters is 1. The SMILES string of the molecule is O=C(OC[C@@H]1C[C@H](O)[C@](O)(CO)O1)c1ccccc1. The predicted octanol–water partition coefficient (Wildman–Crippen LogP) is -0.326. The Morgan fingerprint density at radius 1 is 1.42 bits per heavy atom. The van der Waals surface area contributed by atoms with Gasteiger partial charge in [0.05, 0.1) is 18.3 Å². The number of carbonyl (C=O) groups excluding carboxylic acids is 1. The highest BCUT2D eigenvalue weighted by molar-refractivity contribution is 5.89. The number of rotatable bonds is 4. The number of aliphatic hydroxyl groups is 3. The van der Waals surface area contributed by atoms with Crippen LogP contribution in [0.25, 0.3) is 0 Å². The molecular formula is C13H16O6. The molecule has 19 heavy (non-hydrogen) atoms. The van der Waals surface area contributed by atoms with Crippen molar-refractivity contribution in [3.8, 4) is 0 Å². The normalized spacial score (nSPS) is 30.3. The van der Waals surface area contributed by atoms with Gasteiger partial charge in [0.2, 0.25) is 5.79 Å². The Hall–Kier alpha value is -1.47. The minimum absolute atomic E-state index is 0.0902. The summed E-state index contributed by atoms with van der Waals surface area (Å²) in [6.45, 7) is -0.801. The maximum absolute atomic E-state index is 11.7. The molecule has 0 saturated carbocycles. The number of carbonyl (C=O) groups is 1. The zero-order valence-electron chi connectivity index (χ0n) is 10.2. The number of hydrogen-bond donors (Lipinski definition) is 3. The number of benzene rings is 1. The third-order valence-corrected chi connectivity index (χ3v) is 3.01. The predicted molar refractivity (Wildman–Crippen MR) is 64.3 cm³/mol. The minimum Gasteiger partial charge on any atom is -0.459 e. The topological polar surface area (TPSA) is 96.2 Å². The van der Waals surface area contributed by atoms with Gasteiger partial charge in [-0.2, -0.15) is 0 Å². The molecule has 3 N–H and O–H groups in total. The molecule has 1 heterocycles. The average molecular weight is 268 g/mol. The number of ether oxygens (including phenoxy) is 2. The van der Waals surface area contributed by atoms with Crippen molar-refractivity contribution >= 4 is 5.97 Å². The van der Waals surface area contributed by atoms with Gasteiger partial charge in [-0.25, -0.2) is 4.79 Å². The van der Waals surface area contributed by atoms with Crippen LogP contribution < -0.4 is 0 Å². The largest absolute Gasteiger partial charge is 0.459 e. The first-order chi connectivity index (χ1) is 9.05. The fraction of sp³-hybridized carbons (Fsp3) is 0.462. The van der Waals surface area contributed by atoms with Crippen LogP contribution in [-0.4, -0.2) is 52.5 Å². The maximum Gasteiger partial charge on any atom is 0.338 e. The maximum atomic E-state index is 11.7. The molecule has 6 nitrogen and oxygen atoms in total. The van der Waals surface area contributed by atoms with E-state index < -0.39 is 30.6 Å². The summed E-state index contributed by atoms with van der Waals surface area (Å²) in [5.41, 5.74) is 0.415. The van der Waals surface area contributed by atoms with Gasteiger partial charge in [-0.05, 0) is 12.1 Å². The Kier molecular flexibility index (Phi) is 4.16. The zero-order valence-corrected chi connectivity index (χ0v) is 10.2. The molecule has 0 spiro atoms. The lowest BCUT2D eigenvalue weighted by Gasteiger charge is -2.23. The molecule has 1 aliphatic heterocycles. The highest BCUT2D eigenvalue weighted by atomic mass is 16.7. The lowest BCUT2D eigenvalue weighted by molar-refractivity contribution is -0.247. The zero-order chi connectivity index (χ0) is 13.9. The molecule has 6 heteroatoms. The molecule has 2 rings (SSSR count). The Morgan fingerprint density at radius 2 is 2.11 bits per heavy atom. The van der Waals surface area contributed by atoms with Crippen LogP contribution >= 0.6 is 0 Å². The summed E-state index contributed by atoms with van der Waals surface area (Å²) >= 11 is 0. The molecule has 0 bridgehead atoms. The van der Waals surface area contributed by atoms with Crippen molar-refractivity contribution in [2.75, 3.05) is 13.2 Å². The summed E-state index contributed by atoms with van der Waals surface area (Å²) in [7, 11) is 0. The third-order valence-electron chi connectivity index (χ3n) is 3.01. The fourth-order valence-electron chi connectivity index (χ4n) is 1.92. The van der Waals surface area contributed by atoms with E-state index in [9.17, 15) is 15.0 Å². The van der Waals surface area contributed by atoms with Gasteiger partial charge < -0.3 is 24.8 Å². The van der Waals surface area contributed by atoms with Crippen LogP contribution in [0.3, 0.4) is 0 Å². The molecule has 0 amide bonds. The molecule has 1 saturated heterocycles. The second-order valence-electron chi connectivity index (χ2n) is 4.46. The lowest BCUT2D eigenvalue weighted by atomic mass is 10.1. The van der Waals surface area contributed by atoms with Crippen molar-refractivity contribution in [2.24, 2.45) is 0 Å². The highest BCUT2D eigenvalue weighted by Gasteiger charge is 2.46. The summed E-state index contributed by atoms with van der Waals surface area (Å²) < 4.78 is 10.1. The first-order valence-electron chi connectivity index (χ1n) is 5.96. The summed E-state index contributed by atoms with van der Waals surface area (Å²) in [5, 5.41) is 28.1. The van der Waals surface area contributed by atoms with Gasteiger partial charge in [0.25, 0.3) is 0 Å². The molecular weight excluding hydrogens is 252 g/mol. The van der Waals surface area contributed by atoms with E-state index in [1.54, 1.807) is 30.3 Å². The van der Waals surface area contributed by atoms with Crippen molar-refractivity contribution in [1.82, 2.24) is 0 Å². The quantitative estimate of drug-likeness (QED) is 0.647. The van der Waals surface area contributed by atoms with E-state index in [4.69, 9.17) is 14.6 Å². The highest BCUT2D eigenvalue weighted by Crippen LogP contribution is 2.28. The Labute approximate surface area is 110 Å². The summed E-state index contributed by atoms with van der Waals surface area (Å²) in [6, 6.07) is 8.47. The van der Waals surface area contributed by atoms with E-state index >= 15 is 0 Å². The molecule has 0 aromatic heterocycles. The molecule has 1 aromatic carbocycles. The monoisotopic (exact) mass is 268 g/mol. The van der Waals surface area contributed by atoms with E-state index in [1.165, 1.54) is 0 Å². The smallest absolute Gasteiger partial charge is 0.338 e. The van der Waals surface area contributed by atoms with Gasteiger partial charge >= 0.3 is 5.97 Å². The van der Waals surface area contributed by atoms with E-state index in [2.05, 4.69) is 0 Å². The van der Waals surface area contributed by atoms with Crippen molar-refractivity contribution in [3.05, 3.63) is 35.9 Å². The Bertz CT molecular complexity index is 434. The van der Waals surface area contributed by atoms with Crippen molar-refractivity contribution < 1.29 is 29.6 Å². The second kappa shape index (κ2) is 5.66. The Morgan fingerprint density at radius 3 is 2.68 bits per heavy atom. The van der Waals surface area contributed by atoms with Crippen LogP contribution in [0.2, 0.25) is 0 Å². The van der Waals surface area contributed by atoms with E-state index in [-0.39, 0.29) is 13.0 Å². The van der Waals surface area contributed by atoms with Gasteiger partial charge in [0.15, 0.2) is 0 Å². The van der Waals surface area contributed by atoms with Crippen LogP contribution in [0.5, 0.6) is 0 Å². The fourth-order valence-corrected chi connectivity index (χ4v) is 1.92. The molecule has 1 aromatic rings. The van der Waals surface area contributed by atoms with Crippen LogP contribution in [0.1, 0.15) is 16.8 Å². The van der Waals surface area contributed by atoms with E-state index in [0.29, 0.717) is 5.56 Å². The molecule has 3 atom stereocenters. The molecule has 0 radical (unpaired) electrons. The number of aliphatic hydroxyl groups excluding tert-OH is 2. The van der Waals surface area contributed by atoms with Crippen LogP contribution in [0, 0.1) is 0 Å². The first kappa shape index (κ1) is 14.0. The molecule has 0 unspecified atom stereocenters. The van der Waals surface area contributed by atoms with Crippen molar-refractivity contribution in [2.45, 2.75) is 24.4 Å². The van der Waals surface area contributed by atoms with Crippen LogP contribution in [0.4, 0.5) is 0 Å². The summed E-state index contributed by atoms with van der Waals surface area (Å²) in [4.78, 5) is 11.7. The molecule has 104 valence electrons. The van der Waals surface area contributed by atoms with Gasteiger partial charge in [-0.1, -0.05) is 18.2 Å². The summed E-state index contributed by atoms with van der Waals surface area (Å²) in [6.07, 6.45) is -1.74. The van der Waals surface area contributed by atoms with Crippen LogP contribution in [-0.2, 0) is 9.47 Å². The molecule has 0 aliphatic carbocycles. The van der Waals surface area contributed by atoms with Crippen molar-refractivity contribution in [1.29, 1.82) is 0 Å². The lowest BCUT2D eigenvalue weighted by Crippen LogP contribution is -2.43. The Balaban J connectivity index is 1.86. The van der Waals surface area contributed by atoms with Gasteiger partial charge in [0, 0.05) is 6.42 Å². The number of hydrogen-bond acceptors (Lipinski definition) is 6. The van der Waals surface area contributed by atoms with Gasteiger partial charge in [-0.15, -0.1) is 0 Å². The van der Waals surface area contributed by atoms with E-state index in [0.717, 1.165) is 0 Å². The molecule has 1 aliphatic rings. The second-order valence-corrected chi connectivity index (χ2v) is 4.46. The standard InChI is InChI=1S/C13H16O6/c14-8-13(17)11(15)6-10(19-13)7-18-12(16)9-4-2-1-3-5-9/h1-5,10-11,14-15,17H,6-8H2/t10-,11-,13-/m0/s1. The van der Waals surface area contributed by atoms with Gasteiger partial charge in [0.1, 0.15) is 12.7 Å². The molecule has 1 fully saturated rings. The summed E-state index contributed by atoms with van der Waals surface area (Å²) in [5.74, 6) is -2.47. The minimum atomic E-state index is -1.97. The third kappa shape index (κ3) is 3.10. The van der Waals surface area contributed by atoms with Crippen LogP contribution in [0.15, 0.2) is 30.3 Å². The van der Waals surface area contributed by atoms with E-state index in [1.807, 2.05) is 0 Å². The van der Waals surface area contributed by atoms with Crippen molar-refractivity contribution in [3.63, 3.8) is 0 Å². The average Bonchev–Trinajstić information content (AvgIpc) is 2.73.